The molecule has 2 saturated heterocycles. The molecule has 1 aromatic rings. The zero-order valence-electron chi connectivity index (χ0n) is 14.5. The van der Waals surface area contributed by atoms with Crippen LogP contribution >= 0.6 is 12.4 Å². The van der Waals surface area contributed by atoms with E-state index in [-0.39, 0.29) is 18.3 Å². The van der Waals surface area contributed by atoms with Crippen molar-refractivity contribution in [3.63, 3.8) is 0 Å². The minimum absolute atomic E-state index is 0. The highest BCUT2D eigenvalue weighted by Gasteiger charge is 2.21. The number of carbonyl (C=O) groups excluding carboxylic acids is 1. The standard InChI is InChI=1S/C19H28N2O2.ClH/c1-15-7-10-21(11-8-15)19(22)17-5-2-6-18(12-17)23-14-16-4-3-9-20-13-16;/h2,5-6,12,15-16,20H,3-4,7-11,13-14H2,1H3;1H. The lowest BCUT2D eigenvalue weighted by molar-refractivity contribution is 0.0696. The highest BCUT2D eigenvalue weighted by molar-refractivity contribution is 5.94. The predicted molar refractivity (Wildman–Crippen MR) is 99.1 cm³/mol. The molecule has 2 heterocycles. The Bertz CT molecular complexity index is 524. The van der Waals surface area contributed by atoms with Crippen LogP contribution in [0.4, 0.5) is 0 Å². The minimum atomic E-state index is 0. The Balaban J connectivity index is 0.00000208. The van der Waals surface area contributed by atoms with Gasteiger partial charge in [0, 0.05) is 31.1 Å². The van der Waals surface area contributed by atoms with Gasteiger partial charge in [-0.05, 0) is 56.3 Å². The number of halogens is 1. The first-order valence-electron chi connectivity index (χ1n) is 8.95. The third-order valence-electron chi connectivity index (χ3n) is 5.04. The molecule has 2 aliphatic heterocycles. The maximum atomic E-state index is 12.6. The normalized spacial score (nSPS) is 21.9. The molecule has 1 unspecified atom stereocenters. The summed E-state index contributed by atoms with van der Waals surface area (Å²) in [4.78, 5) is 14.6. The van der Waals surface area contributed by atoms with E-state index >= 15 is 0 Å². The Kier molecular flexibility index (Phi) is 7.38. The molecule has 0 saturated carbocycles. The summed E-state index contributed by atoms with van der Waals surface area (Å²) >= 11 is 0. The van der Waals surface area contributed by atoms with Gasteiger partial charge >= 0.3 is 0 Å². The van der Waals surface area contributed by atoms with Crippen LogP contribution in [0.15, 0.2) is 24.3 Å². The Morgan fingerprint density at radius 1 is 1.29 bits per heavy atom. The quantitative estimate of drug-likeness (QED) is 0.903. The monoisotopic (exact) mass is 352 g/mol. The summed E-state index contributed by atoms with van der Waals surface area (Å²) < 4.78 is 5.93. The van der Waals surface area contributed by atoms with Gasteiger partial charge in [0.1, 0.15) is 5.75 Å². The molecule has 2 aliphatic rings. The van der Waals surface area contributed by atoms with Gasteiger partial charge in [0.25, 0.3) is 5.91 Å². The second-order valence-electron chi connectivity index (χ2n) is 7.03. The zero-order valence-corrected chi connectivity index (χ0v) is 15.3. The highest BCUT2D eigenvalue weighted by atomic mass is 35.5. The Morgan fingerprint density at radius 2 is 2.08 bits per heavy atom. The molecule has 24 heavy (non-hydrogen) atoms. The average Bonchev–Trinajstić information content (AvgIpc) is 2.61. The van der Waals surface area contributed by atoms with E-state index in [4.69, 9.17) is 4.74 Å². The van der Waals surface area contributed by atoms with E-state index in [0.29, 0.717) is 5.92 Å². The van der Waals surface area contributed by atoms with Crippen molar-refractivity contribution in [2.24, 2.45) is 11.8 Å². The molecule has 4 nitrogen and oxygen atoms in total. The van der Waals surface area contributed by atoms with Crippen molar-refractivity contribution in [3.05, 3.63) is 29.8 Å². The molecule has 0 radical (unpaired) electrons. The summed E-state index contributed by atoms with van der Waals surface area (Å²) in [5.74, 6) is 2.26. The van der Waals surface area contributed by atoms with Gasteiger partial charge in [-0.25, -0.2) is 0 Å². The number of hydrogen-bond acceptors (Lipinski definition) is 3. The highest BCUT2D eigenvalue weighted by Crippen LogP contribution is 2.21. The Morgan fingerprint density at radius 3 is 2.79 bits per heavy atom. The molecular formula is C19H29ClN2O2. The van der Waals surface area contributed by atoms with Gasteiger partial charge in [-0.15, -0.1) is 12.4 Å². The van der Waals surface area contributed by atoms with Crippen molar-refractivity contribution >= 4 is 18.3 Å². The van der Waals surface area contributed by atoms with Crippen LogP contribution < -0.4 is 10.1 Å². The van der Waals surface area contributed by atoms with Crippen LogP contribution in [0.2, 0.25) is 0 Å². The van der Waals surface area contributed by atoms with Crippen molar-refractivity contribution in [3.8, 4) is 5.75 Å². The van der Waals surface area contributed by atoms with Crippen molar-refractivity contribution in [1.29, 1.82) is 0 Å². The molecular weight excluding hydrogens is 324 g/mol. The number of amides is 1. The number of piperidine rings is 2. The summed E-state index contributed by atoms with van der Waals surface area (Å²) in [6, 6.07) is 7.67. The molecule has 3 rings (SSSR count). The topological polar surface area (TPSA) is 41.6 Å². The van der Waals surface area contributed by atoms with E-state index in [0.717, 1.165) is 62.9 Å². The summed E-state index contributed by atoms with van der Waals surface area (Å²) in [6.07, 6.45) is 4.66. The van der Waals surface area contributed by atoms with E-state index in [2.05, 4.69) is 12.2 Å². The lowest BCUT2D eigenvalue weighted by atomic mass is 9.98. The maximum absolute atomic E-state index is 12.6. The molecule has 0 aliphatic carbocycles. The zero-order chi connectivity index (χ0) is 16.1. The second kappa shape index (κ2) is 9.28. The largest absolute Gasteiger partial charge is 0.493 e. The molecule has 1 amide bonds. The van der Waals surface area contributed by atoms with Crippen LogP contribution in [0.5, 0.6) is 5.75 Å². The number of rotatable bonds is 4. The van der Waals surface area contributed by atoms with Crippen molar-refractivity contribution in [1.82, 2.24) is 10.2 Å². The van der Waals surface area contributed by atoms with E-state index < -0.39 is 0 Å². The third kappa shape index (κ3) is 5.12. The van der Waals surface area contributed by atoms with E-state index in [1.807, 2.05) is 29.2 Å². The number of ether oxygens (including phenoxy) is 1. The smallest absolute Gasteiger partial charge is 0.253 e. The summed E-state index contributed by atoms with van der Waals surface area (Å²) in [6.45, 7) is 6.89. The molecule has 0 bridgehead atoms. The summed E-state index contributed by atoms with van der Waals surface area (Å²) in [7, 11) is 0. The predicted octanol–water partition coefficient (Wildman–Crippen LogP) is 3.36. The van der Waals surface area contributed by atoms with Gasteiger partial charge in [-0.3, -0.25) is 4.79 Å². The summed E-state index contributed by atoms with van der Waals surface area (Å²) in [5, 5.41) is 3.41. The van der Waals surface area contributed by atoms with Gasteiger partial charge in [0.2, 0.25) is 0 Å². The molecule has 5 heteroatoms. The second-order valence-corrected chi connectivity index (χ2v) is 7.03. The Hall–Kier alpha value is -1.26. The van der Waals surface area contributed by atoms with Crippen LogP contribution in [0.3, 0.4) is 0 Å². The molecule has 0 aromatic heterocycles. The molecule has 1 atom stereocenters. The first-order valence-corrected chi connectivity index (χ1v) is 8.95. The van der Waals surface area contributed by atoms with Crippen molar-refractivity contribution in [2.45, 2.75) is 32.6 Å². The fourth-order valence-electron chi connectivity index (χ4n) is 3.39. The molecule has 1 N–H and O–H groups in total. The lowest BCUT2D eigenvalue weighted by Crippen LogP contribution is -2.37. The van der Waals surface area contributed by atoms with Gasteiger partial charge in [0.15, 0.2) is 0 Å². The van der Waals surface area contributed by atoms with Gasteiger partial charge in [-0.1, -0.05) is 13.0 Å². The molecule has 2 fully saturated rings. The fourth-order valence-corrected chi connectivity index (χ4v) is 3.39. The first-order chi connectivity index (χ1) is 11.2. The van der Waals surface area contributed by atoms with E-state index in [1.165, 1.54) is 12.8 Å². The van der Waals surface area contributed by atoms with Gasteiger partial charge < -0.3 is 15.0 Å². The third-order valence-corrected chi connectivity index (χ3v) is 5.04. The van der Waals surface area contributed by atoms with Crippen LogP contribution in [0.1, 0.15) is 43.0 Å². The number of hydrogen-bond donors (Lipinski definition) is 1. The number of likely N-dealkylation sites (tertiary alicyclic amines) is 1. The fraction of sp³-hybridized carbons (Fsp3) is 0.632. The SMILES string of the molecule is CC1CCN(C(=O)c2cccc(OCC3CCCNC3)c2)CC1.Cl. The number of carbonyl (C=O) groups is 1. The van der Waals surface area contributed by atoms with Crippen LogP contribution in [-0.4, -0.2) is 43.6 Å². The molecule has 134 valence electrons. The minimum Gasteiger partial charge on any atom is -0.493 e. The van der Waals surface area contributed by atoms with E-state index in [1.54, 1.807) is 0 Å². The number of benzene rings is 1. The maximum Gasteiger partial charge on any atom is 0.253 e. The lowest BCUT2D eigenvalue weighted by Gasteiger charge is -2.30. The van der Waals surface area contributed by atoms with Gasteiger partial charge in [-0.2, -0.15) is 0 Å². The summed E-state index contributed by atoms with van der Waals surface area (Å²) in [5.41, 5.74) is 0.749. The van der Waals surface area contributed by atoms with Gasteiger partial charge in [0.05, 0.1) is 6.61 Å². The molecule has 1 aromatic carbocycles. The Labute approximate surface area is 151 Å². The van der Waals surface area contributed by atoms with Crippen LogP contribution in [-0.2, 0) is 0 Å². The first kappa shape index (κ1) is 19.1. The van der Waals surface area contributed by atoms with Crippen LogP contribution in [0.25, 0.3) is 0 Å². The number of nitrogens with one attached hydrogen (secondary N) is 1. The average molecular weight is 353 g/mol. The number of nitrogens with zero attached hydrogens (tertiary/aromatic N) is 1. The molecule has 0 spiro atoms. The van der Waals surface area contributed by atoms with Crippen molar-refractivity contribution < 1.29 is 9.53 Å². The van der Waals surface area contributed by atoms with E-state index in [9.17, 15) is 4.79 Å². The van der Waals surface area contributed by atoms with Crippen LogP contribution in [0, 0.1) is 11.8 Å². The van der Waals surface area contributed by atoms with Crippen molar-refractivity contribution in [2.75, 3.05) is 32.8 Å².